The lowest BCUT2D eigenvalue weighted by Crippen LogP contribution is -2.32. The van der Waals surface area contributed by atoms with E-state index in [9.17, 15) is 9.59 Å². The van der Waals surface area contributed by atoms with Crippen LogP contribution in [0.1, 0.15) is 47.9 Å². The molecular weight excluding hydrogens is 348 g/mol. The number of hydrogen-bond acceptors (Lipinski definition) is 2. The molecular formula is C24H30N2O2. The number of carbonyl (C=O) groups excluding carboxylic acids is 2. The van der Waals surface area contributed by atoms with Crippen molar-refractivity contribution in [2.24, 2.45) is 11.8 Å². The van der Waals surface area contributed by atoms with E-state index in [2.05, 4.69) is 10.6 Å². The van der Waals surface area contributed by atoms with Gasteiger partial charge in [0.05, 0.1) is 0 Å². The Balaban J connectivity index is 1.55. The summed E-state index contributed by atoms with van der Waals surface area (Å²) in [6.45, 7) is 8.15. The second-order valence-corrected chi connectivity index (χ2v) is 8.02. The van der Waals surface area contributed by atoms with Gasteiger partial charge in [-0.25, -0.2) is 0 Å². The molecule has 28 heavy (non-hydrogen) atoms. The SMILES string of the molecule is Cc1cccc(NC(=O)C2CCC(C(=O)Nc3cccc(C)c3C)CC2)c1C. The van der Waals surface area contributed by atoms with Gasteiger partial charge in [0.1, 0.15) is 0 Å². The predicted molar refractivity (Wildman–Crippen MR) is 115 cm³/mol. The maximum absolute atomic E-state index is 12.7. The Kier molecular flexibility index (Phi) is 6.18. The zero-order chi connectivity index (χ0) is 20.3. The molecule has 2 aromatic carbocycles. The fraction of sp³-hybridized carbons (Fsp3) is 0.417. The van der Waals surface area contributed by atoms with Crippen LogP contribution in [0, 0.1) is 39.5 Å². The lowest BCUT2D eigenvalue weighted by molar-refractivity contribution is -0.125. The molecule has 1 aliphatic rings. The third-order valence-electron chi connectivity index (χ3n) is 6.19. The van der Waals surface area contributed by atoms with E-state index in [0.29, 0.717) is 0 Å². The number of anilines is 2. The summed E-state index contributed by atoms with van der Waals surface area (Å²) < 4.78 is 0. The largest absolute Gasteiger partial charge is 0.326 e. The standard InChI is InChI=1S/C24H30N2O2/c1-15-7-5-9-21(17(15)3)25-23(27)19-11-13-20(14-12-19)24(28)26-22-10-6-8-16(2)18(22)4/h5-10,19-20H,11-14H2,1-4H3,(H,25,27)(H,26,28). The number of carbonyl (C=O) groups is 2. The molecule has 0 bridgehead atoms. The first-order valence-electron chi connectivity index (χ1n) is 10.1. The molecule has 2 N–H and O–H groups in total. The van der Waals surface area contributed by atoms with Crippen molar-refractivity contribution in [3.05, 3.63) is 58.7 Å². The number of benzene rings is 2. The van der Waals surface area contributed by atoms with Crippen molar-refractivity contribution in [3.63, 3.8) is 0 Å². The van der Waals surface area contributed by atoms with Crippen molar-refractivity contribution in [1.82, 2.24) is 0 Å². The molecule has 3 rings (SSSR count). The zero-order valence-electron chi connectivity index (χ0n) is 17.3. The fourth-order valence-corrected chi connectivity index (χ4v) is 3.86. The summed E-state index contributed by atoms with van der Waals surface area (Å²) in [5.41, 5.74) is 6.34. The maximum Gasteiger partial charge on any atom is 0.227 e. The molecule has 0 atom stereocenters. The van der Waals surface area contributed by atoms with Crippen molar-refractivity contribution in [3.8, 4) is 0 Å². The average molecular weight is 379 g/mol. The van der Waals surface area contributed by atoms with E-state index in [1.54, 1.807) is 0 Å². The Bertz CT molecular complexity index is 807. The quantitative estimate of drug-likeness (QED) is 0.758. The summed E-state index contributed by atoms with van der Waals surface area (Å²) in [4.78, 5) is 25.3. The topological polar surface area (TPSA) is 58.2 Å². The highest BCUT2D eigenvalue weighted by Crippen LogP contribution is 2.31. The van der Waals surface area contributed by atoms with Gasteiger partial charge in [-0.2, -0.15) is 0 Å². The van der Waals surface area contributed by atoms with Gasteiger partial charge in [-0.05, 0) is 87.8 Å². The van der Waals surface area contributed by atoms with Crippen LogP contribution in [-0.2, 0) is 9.59 Å². The summed E-state index contributed by atoms with van der Waals surface area (Å²) in [7, 11) is 0. The molecule has 0 aromatic heterocycles. The Labute approximate surface area is 167 Å². The Morgan fingerprint density at radius 3 is 1.39 bits per heavy atom. The van der Waals surface area contributed by atoms with Gasteiger partial charge < -0.3 is 10.6 Å². The molecule has 0 unspecified atom stereocenters. The van der Waals surface area contributed by atoms with E-state index < -0.39 is 0 Å². The van der Waals surface area contributed by atoms with Gasteiger partial charge >= 0.3 is 0 Å². The minimum Gasteiger partial charge on any atom is -0.326 e. The van der Waals surface area contributed by atoms with Crippen molar-refractivity contribution in [2.75, 3.05) is 10.6 Å². The van der Waals surface area contributed by atoms with Crippen LogP contribution in [0.15, 0.2) is 36.4 Å². The highest BCUT2D eigenvalue weighted by Gasteiger charge is 2.30. The molecule has 148 valence electrons. The third-order valence-corrected chi connectivity index (χ3v) is 6.19. The van der Waals surface area contributed by atoms with Crippen molar-refractivity contribution in [2.45, 2.75) is 53.4 Å². The van der Waals surface area contributed by atoms with Crippen LogP contribution in [0.2, 0.25) is 0 Å². The van der Waals surface area contributed by atoms with Crippen molar-refractivity contribution >= 4 is 23.2 Å². The van der Waals surface area contributed by atoms with E-state index in [1.807, 2.05) is 64.1 Å². The highest BCUT2D eigenvalue weighted by molar-refractivity contribution is 5.95. The van der Waals surface area contributed by atoms with E-state index in [0.717, 1.165) is 48.2 Å². The fourth-order valence-electron chi connectivity index (χ4n) is 3.86. The molecule has 2 amide bonds. The second-order valence-electron chi connectivity index (χ2n) is 8.02. The van der Waals surface area contributed by atoms with E-state index in [4.69, 9.17) is 0 Å². The molecule has 1 aliphatic carbocycles. The summed E-state index contributed by atoms with van der Waals surface area (Å²) >= 11 is 0. The van der Waals surface area contributed by atoms with Crippen LogP contribution < -0.4 is 10.6 Å². The van der Waals surface area contributed by atoms with Crippen molar-refractivity contribution in [1.29, 1.82) is 0 Å². The van der Waals surface area contributed by atoms with Gasteiger partial charge in [-0.3, -0.25) is 9.59 Å². The molecule has 0 saturated heterocycles. The molecule has 1 fully saturated rings. The number of amides is 2. The summed E-state index contributed by atoms with van der Waals surface area (Å²) in [6, 6.07) is 11.9. The van der Waals surface area contributed by atoms with Crippen LogP contribution in [0.5, 0.6) is 0 Å². The Hall–Kier alpha value is -2.62. The van der Waals surface area contributed by atoms with Gasteiger partial charge in [0.2, 0.25) is 11.8 Å². The van der Waals surface area contributed by atoms with E-state index in [-0.39, 0.29) is 23.7 Å². The molecule has 0 heterocycles. The van der Waals surface area contributed by atoms with Gasteiger partial charge in [-0.15, -0.1) is 0 Å². The van der Waals surface area contributed by atoms with Crippen LogP contribution in [-0.4, -0.2) is 11.8 Å². The first kappa shape index (κ1) is 20.1. The minimum absolute atomic E-state index is 0.0235. The number of rotatable bonds is 4. The first-order valence-corrected chi connectivity index (χ1v) is 10.1. The zero-order valence-corrected chi connectivity index (χ0v) is 17.3. The highest BCUT2D eigenvalue weighted by atomic mass is 16.2. The van der Waals surface area contributed by atoms with E-state index in [1.165, 1.54) is 11.1 Å². The maximum atomic E-state index is 12.7. The van der Waals surface area contributed by atoms with Gasteiger partial charge in [0, 0.05) is 23.2 Å². The van der Waals surface area contributed by atoms with Crippen molar-refractivity contribution < 1.29 is 9.59 Å². The normalized spacial score (nSPS) is 19.1. The molecule has 1 saturated carbocycles. The molecule has 0 aliphatic heterocycles. The first-order chi connectivity index (χ1) is 13.4. The molecule has 0 spiro atoms. The minimum atomic E-state index is -0.0235. The third kappa shape index (κ3) is 4.44. The molecule has 4 nitrogen and oxygen atoms in total. The number of nitrogens with one attached hydrogen (secondary N) is 2. The van der Waals surface area contributed by atoms with Crippen LogP contribution in [0.25, 0.3) is 0 Å². The van der Waals surface area contributed by atoms with Crippen LogP contribution in [0.3, 0.4) is 0 Å². The van der Waals surface area contributed by atoms with Crippen LogP contribution >= 0.6 is 0 Å². The summed E-state index contributed by atoms with van der Waals surface area (Å²) in [5.74, 6) is 0.0958. The molecule has 0 radical (unpaired) electrons. The Morgan fingerprint density at radius 2 is 1.04 bits per heavy atom. The van der Waals surface area contributed by atoms with Gasteiger partial charge in [0.25, 0.3) is 0 Å². The molecule has 2 aromatic rings. The van der Waals surface area contributed by atoms with Gasteiger partial charge in [-0.1, -0.05) is 24.3 Å². The number of aryl methyl sites for hydroxylation is 2. The number of hydrogen-bond donors (Lipinski definition) is 2. The van der Waals surface area contributed by atoms with Gasteiger partial charge in [0.15, 0.2) is 0 Å². The Morgan fingerprint density at radius 1 is 0.679 bits per heavy atom. The summed E-state index contributed by atoms with van der Waals surface area (Å²) in [6.07, 6.45) is 3.01. The molecule has 4 heteroatoms. The lowest BCUT2D eigenvalue weighted by Gasteiger charge is -2.27. The van der Waals surface area contributed by atoms with E-state index >= 15 is 0 Å². The average Bonchev–Trinajstić information content (AvgIpc) is 2.69. The lowest BCUT2D eigenvalue weighted by atomic mass is 9.81. The predicted octanol–water partition coefficient (Wildman–Crippen LogP) is 5.30. The second kappa shape index (κ2) is 8.59. The monoisotopic (exact) mass is 378 g/mol. The summed E-state index contributed by atoms with van der Waals surface area (Å²) in [5, 5.41) is 6.16. The smallest absolute Gasteiger partial charge is 0.227 e. The van der Waals surface area contributed by atoms with Crippen LogP contribution in [0.4, 0.5) is 11.4 Å².